The minimum absolute atomic E-state index is 0.0437. The number of rotatable bonds is 6. The maximum absolute atomic E-state index is 13.3. The number of nitro benzene ring substituents is 1. The number of non-ortho nitro benzene ring substituents is 1. The smallest absolute Gasteiger partial charge is 0.280 e. The summed E-state index contributed by atoms with van der Waals surface area (Å²) in [6.07, 6.45) is 1.43. The number of methoxy groups -OCH3 is 1. The van der Waals surface area contributed by atoms with E-state index in [1.807, 2.05) is 12.1 Å². The van der Waals surface area contributed by atoms with Gasteiger partial charge in [-0.3, -0.25) is 14.9 Å². The predicted octanol–water partition coefficient (Wildman–Crippen LogP) is 4.77. The van der Waals surface area contributed by atoms with E-state index in [-0.39, 0.29) is 5.69 Å². The number of hydrogen-bond acceptors (Lipinski definition) is 8. The summed E-state index contributed by atoms with van der Waals surface area (Å²) >= 11 is 1.27. The molecule has 1 aromatic heterocycles. The van der Waals surface area contributed by atoms with E-state index in [2.05, 4.69) is 10.1 Å². The third-order valence-corrected chi connectivity index (χ3v) is 5.64. The molecule has 9 nitrogen and oxygen atoms in total. The molecular weight excluding hydrogens is 442 g/mol. The van der Waals surface area contributed by atoms with Crippen LogP contribution in [0.25, 0.3) is 10.2 Å². The molecule has 0 saturated carbocycles. The maximum atomic E-state index is 13.3. The van der Waals surface area contributed by atoms with Crippen molar-refractivity contribution in [2.45, 2.75) is 0 Å². The summed E-state index contributed by atoms with van der Waals surface area (Å²) < 4.78 is 6.07. The van der Waals surface area contributed by atoms with Gasteiger partial charge in [-0.15, -0.1) is 0 Å². The van der Waals surface area contributed by atoms with Crippen LogP contribution in [0, 0.1) is 21.4 Å². The fourth-order valence-corrected chi connectivity index (χ4v) is 3.87. The second-order valence-corrected chi connectivity index (χ2v) is 7.74. The summed E-state index contributed by atoms with van der Waals surface area (Å²) in [4.78, 5) is 28.2. The Balaban J connectivity index is 1.73. The number of amides is 1. The number of hydrazone groups is 1. The quantitative estimate of drug-likeness (QED) is 0.234. The fourth-order valence-electron chi connectivity index (χ4n) is 2.92. The molecule has 33 heavy (non-hydrogen) atoms. The molecule has 0 saturated heterocycles. The van der Waals surface area contributed by atoms with E-state index in [9.17, 15) is 14.9 Å². The summed E-state index contributed by atoms with van der Waals surface area (Å²) in [6, 6.07) is 19.4. The van der Waals surface area contributed by atoms with Crippen molar-refractivity contribution >= 4 is 44.5 Å². The van der Waals surface area contributed by atoms with Crippen molar-refractivity contribution in [3.05, 3.63) is 93.5 Å². The van der Waals surface area contributed by atoms with Gasteiger partial charge in [0.05, 0.1) is 40.1 Å². The van der Waals surface area contributed by atoms with Crippen LogP contribution in [0.5, 0.6) is 5.75 Å². The molecule has 10 heteroatoms. The van der Waals surface area contributed by atoms with Crippen LogP contribution in [-0.2, 0) is 0 Å². The monoisotopic (exact) mass is 457 g/mol. The lowest BCUT2D eigenvalue weighted by Crippen LogP contribution is -2.25. The highest BCUT2D eigenvalue weighted by atomic mass is 32.1. The number of ether oxygens (including phenoxy) is 1. The zero-order valence-electron chi connectivity index (χ0n) is 17.2. The Morgan fingerprint density at radius 2 is 1.91 bits per heavy atom. The molecule has 0 N–H and O–H groups in total. The second kappa shape index (κ2) is 9.25. The van der Waals surface area contributed by atoms with Gasteiger partial charge < -0.3 is 4.74 Å². The van der Waals surface area contributed by atoms with Crippen molar-refractivity contribution in [3.8, 4) is 11.8 Å². The van der Waals surface area contributed by atoms with Crippen molar-refractivity contribution in [2.24, 2.45) is 5.10 Å². The lowest BCUT2D eigenvalue weighted by Gasteiger charge is -2.13. The van der Waals surface area contributed by atoms with Gasteiger partial charge in [-0.1, -0.05) is 11.3 Å². The minimum Gasteiger partial charge on any atom is -0.497 e. The number of hydrogen-bond donors (Lipinski definition) is 0. The number of carbonyl (C=O) groups is 1. The largest absolute Gasteiger partial charge is 0.497 e. The maximum Gasteiger partial charge on any atom is 0.280 e. The van der Waals surface area contributed by atoms with E-state index in [4.69, 9.17) is 10.00 Å². The summed E-state index contributed by atoms with van der Waals surface area (Å²) in [5.41, 5.74) is 1.96. The zero-order valence-corrected chi connectivity index (χ0v) is 18.0. The summed E-state index contributed by atoms with van der Waals surface area (Å²) in [5, 5.41) is 25.7. The molecule has 4 aromatic rings. The SMILES string of the molecule is COc1ccc2nc(N(/N=C/c3ccc([N+](=O)[O-])cc3)C(=O)c3ccc(C#N)cc3)sc2c1. The van der Waals surface area contributed by atoms with Crippen LogP contribution < -0.4 is 9.75 Å². The molecule has 0 fully saturated rings. The van der Waals surface area contributed by atoms with Crippen molar-refractivity contribution in [2.75, 3.05) is 12.1 Å². The number of nitriles is 1. The first kappa shape index (κ1) is 21.6. The Hall–Kier alpha value is -4.62. The third kappa shape index (κ3) is 4.68. The second-order valence-electron chi connectivity index (χ2n) is 6.73. The van der Waals surface area contributed by atoms with Crippen LogP contribution in [-0.4, -0.2) is 29.1 Å². The Kier molecular flexibility index (Phi) is 6.06. The Morgan fingerprint density at radius 1 is 1.18 bits per heavy atom. The van der Waals surface area contributed by atoms with Crippen LogP contribution in [0.2, 0.25) is 0 Å². The summed E-state index contributed by atoms with van der Waals surface area (Å²) in [7, 11) is 1.57. The van der Waals surface area contributed by atoms with Gasteiger partial charge >= 0.3 is 0 Å². The van der Waals surface area contributed by atoms with Crippen molar-refractivity contribution in [1.29, 1.82) is 5.26 Å². The zero-order chi connectivity index (χ0) is 23.4. The van der Waals surface area contributed by atoms with Gasteiger partial charge in [0.2, 0.25) is 5.13 Å². The van der Waals surface area contributed by atoms with E-state index in [1.165, 1.54) is 46.8 Å². The van der Waals surface area contributed by atoms with E-state index in [0.717, 1.165) is 4.70 Å². The molecule has 0 atom stereocenters. The molecule has 0 aliphatic rings. The number of aromatic nitrogens is 1. The number of benzene rings is 3. The average Bonchev–Trinajstić information content (AvgIpc) is 3.27. The first-order chi connectivity index (χ1) is 16.0. The van der Waals surface area contributed by atoms with Gasteiger partial charge in [0.1, 0.15) is 5.75 Å². The van der Waals surface area contributed by atoms with Gasteiger partial charge in [0.25, 0.3) is 11.6 Å². The van der Waals surface area contributed by atoms with Gasteiger partial charge in [-0.05, 0) is 60.2 Å². The Labute approximate surface area is 191 Å². The number of fused-ring (bicyclic) bond motifs is 1. The molecule has 4 rings (SSSR count). The van der Waals surface area contributed by atoms with Gasteiger partial charge in [0.15, 0.2) is 0 Å². The molecule has 0 bridgehead atoms. The molecular formula is C23H15N5O4S. The minimum atomic E-state index is -0.489. The van der Waals surface area contributed by atoms with E-state index in [1.54, 1.807) is 43.5 Å². The third-order valence-electron chi connectivity index (χ3n) is 4.65. The lowest BCUT2D eigenvalue weighted by atomic mass is 10.1. The Bertz CT molecular complexity index is 1410. The molecule has 0 radical (unpaired) electrons. The standard InChI is InChI=1S/C23H15N5O4S/c1-32-19-10-11-20-21(12-19)33-23(26-20)27(22(29)17-6-2-15(13-24)3-7-17)25-14-16-4-8-18(9-5-16)28(30)31/h2-12,14H,1H3/b25-14+. The fraction of sp³-hybridized carbons (Fsp3) is 0.0435. The number of thiazole rings is 1. The van der Waals surface area contributed by atoms with Crippen LogP contribution in [0.15, 0.2) is 71.8 Å². The number of nitrogens with zero attached hydrogens (tertiary/aromatic N) is 5. The molecule has 162 valence electrons. The van der Waals surface area contributed by atoms with Crippen LogP contribution in [0.1, 0.15) is 21.5 Å². The molecule has 0 spiro atoms. The molecule has 0 aliphatic carbocycles. The average molecular weight is 457 g/mol. The molecule has 0 unspecified atom stereocenters. The normalized spacial score (nSPS) is 10.8. The first-order valence-corrected chi connectivity index (χ1v) is 10.4. The van der Waals surface area contributed by atoms with Crippen molar-refractivity contribution in [3.63, 3.8) is 0 Å². The predicted molar refractivity (Wildman–Crippen MR) is 125 cm³/mol. The van der Waals surface area contributed by atoms with E-state index in [0.29, 0.717) is 33.1 Å². The van der Waals surface area contributed by atoms with Crippen molar-refractivity contribution in [1.82, 2.24) is 4.98 Å². The summed E-state index contributed by atoms with van der Waals surface area (Å²) in [5.74, 6) is 0.223. The first-order valence-electron chi connectivity index (χ1n) is 9.56. The highest BCUT2D eigenvalue weighted by Gasteiger charge is 2.21. The number of nitro groups is 1. The van der Waals surface area contributed by atoms with E-state index >= 15 is 0 Å². The highest BCUT2D eigenvalue weighted by molar-refractivity contribution is 7.22. The van der Waals surface area contributed by atoms with Crippen molar-refractivity contribution < 1.29 is 14.5 Å². The van der Waals surface area contributed by atoms with Gasteiger partial charge in [-0.2, -0.15) is 15.4 Å². The summed E-state index contributed by atoms with van der Waals surface area (Å²) in [6.45, 7) is 0. The van der Waals surface area contributed by atoms with Gasteiger partial charge in [-0.25, -0.2) is 4.98 Å². The van der Waals surface area contributed by atoms with E-state index < -0.39 is 10.8 Å². The lowest BCUT2D eigenvalue weighted by molar-refractivity contribution is -0.384. The molecule has 3 aromatic carbocycles. The number of carbonyl (C=O) groups excluding carboxylic acids is 1. The molecule has 1 heterocycles. The van der Waals surface area contributed by atoms with Crippen LogP contribution >= 0.6 is 11.3 Å². The molecule has 1 amide bonds. The van der Waals surface area contributed by atoms with Crippen LogP contribution in [0.3, 0.4) is 0 Å². The molecule has 0 aliphatic heterocycles. The highest BCUT2D eigenvalue weighted by Crippen LogP contribution is 2.32. The topological polar surface area (TPSA) is 122 Å². The van der Waals surface area contributed by atoms with Crippen LogP contribution in [0.4, 0.5) is 10.8 Å². The Morgan fingerprint density at radius 3 is 2.55 bits per heavy atom. The number of anilines is 1. The van der Waals surface area contributed by atoms with Gasteiger partial charge in [0, 0.05) is 17.7 Å².